The molecule has 1 aromatic carbocycles. The van der Waals surface area contributed by atoms with E-state index in [0.717, 1.165) is 10.2 Å². The Bertz CT molecular complexity index is 595. The van der Waals surface area contributed by atoms with Gasteiger partial charge in [0.15, 0.2) is 5.82 Å². The lowest BCUT2D eigenvalue weighted by atomic mass is 10.2. The highest BCUT2D eigenvalue weighted by molar-refractivity contribution is 9.10. The molecular formula is C14H11BrClN3. The van der Waals surface area contributed by atoms with E-state index >= 15 is 0 Å². The van der Waals surface area contributed by atoms with Gasteiger partial charge in [-0.3, -0.25) is 0 Å². The van der Waals surface area contributed by atoms with Crippen molar-refractivity contribution in [3.05, 3.63) is 52.1 Å². The molecule has 1 heterocycles. The number of halogens is 2. The van der Waals surface area contributed by atoms with Crippen molar-refractivity contribution in [2.24, 2.45) is 0 Å². The van der Waals surface area contributed by atoms with Crippen LogP contribution in [-0.4, -0.2) is 11.5 Å². The highest BCUT2D eigenvalue weighted by Gasteiger charge is 2.14. The maximum atomic E-state index is 8.78. The molecule has 0 fully saturated rings. The summed E-state index contributed by atoms with van der Waals surface area (Å²) < 4.78 is 0.828. The lowest BCUT2D eigenvalue weighted by molar-refractivity contribution is 0.926. The Hall–Kier alpha value is -1.57. The molecule has 0 saturated carbocycles. The van der Waals surface area contributed by atoms with Crippen LogP contribution in [0.4, 0.5) is 11.5 Å². The zero-order valence-electron chi connectivity index (χ0n) is 10.1. The van der Waals surface area contributed by atoms with Gasteiger partial charge >= 0.3 is 0 Å². The van der Waals surface area contributed by atoms with Gasteiger partial charge in [0.05, 0.1) is 17.5 Å². The number of nitrogens with zero attached hydrogens (tertiary/aromatic N) is 3. The normalized spacial score (nSPS) is 9.95. The number of para-hydroxylation sites is 1. The van der Waals surface area contributed by atoms with Crippen molar-refractivity contribution < 1.29 is 0 Å². The maximum absolute atomic E-state index is 8.78. The van der Waals surface area contributed by atoms with Gasteiger partial charge in [0, 0.05) is 22.9 Å². The van der Waals surface area contributed by atoms with Crippen LogP contribution in [0.3, 0.4) is 0 Å². The van der Waals surface area contributed by atoms with Crippen LogP contribution in [0.1, 0.15) is 6.42 Å². The number of pyridine rings is 1. The Labute approximate surface area is 125 Å². The number of aromatic nitrogens is 1. The number of hydrogen-bond acceptors (Lipinski definition) is 3. The molecule has 19 heavy (non-hydrogen) atoms. The molecule has 0 aliphatic heterocycles. The van der Waals surface area contributed by atoms with Crippen molar-refractivity contribution in [2.45, 2.75) is 6.42 Å². The molecule has 0 bridgehead atoms. The van der Waals surface area contributed by atoms with E-state index in [1.165, 1.54) is 0 Å². The second kappa shape index (κ2) is 6.55. The van der Waals surface area contributed by atoms with E-state index in [1.54, 1.807) is 12.3 Å². The summed E-state index contributed by atoms with van der Waals surface area (Å²) in [6.45, 7) is 0.550. The molecule has 0 spiro atoms. The smallest absolute Gasteiger partial charge is 0.151 e. The standard InChI is InChI=1S/C14H11BrClN3/c15-11-9-13(16)14(18-10-11)19(8-4-7-17)12-5-2-1-3-6-12/h1-3,5-6,9-10H,4,8H2. The monoisotopic (exact) mass is 335 g/mol. The van der Waals surface area contributed by atoms with Crippen molar-refractivity contribution in [3.8, 4) is 6.07 Å². The molecule has 0 N–H and O–H groups in total. The molecule has 2 rings (SSSR count). The van der Waals surface area contributed by atoms with E-state index < -0.39 is 0 Å². The Morgan fingerprint density at radius 3 is 2.68 bits per heavy atom. The lowest BCUT2D eigenvalue weighted by Gasteiger charge is -2.23. The van der Waals surface area contributed by atoms with E-state index in [-0.39, 0.29) is 0 Å². The van der Waals surface area contributed by atoms with E-state index in [4.69, 9.17) is 16.9 Å². The van der Waals surface area contributed by atoms with Crippen LogP contribution in [0.5, 0.6) is 0 Å². The van der Waals surface area contributed by atoms with Crippen molar-refractivity contribution in [2.75, 3.05) is 11.4 Å². The van der Waals surface area contributed by atoms with Gasteiger partial charge in [0.25, 0.3) is 0 Å². The zero-order chi connectivity index (χ0) is 13.7. The first-order valence-corrected chi connectivity index (χ1v) is 6.90. The molecule has 0 unspecified atom stereocenters. The van der Waals surface area contributed by atoms with Gasteiger partial charge in [-0.05, 0) is 34.1 Å². The van der Waals surface area contributed by atoms with Crippen LogP contribution in [0, 0.1) is 11.3 Å². The summed E-state index contributed by atoms with van der Waals surface area (Å²) in [7, 11) is 0. The molecule has 0 radical (unpaired) electrons. The van der Waals surface area contributed by atoms with Crippen LogP contribution < -0.4 is 4.90 Å². The number of nitriles is 1. The maximum Gasteiger partial charge on any atom is 0.151 e. The SMILES string of the molecule is N#CCCN(c1ccccc1)c1ncc(Br)cc1Cl. The highest BCUT2D eigenvalue weighted by Crippen LogP contribution is 2.31. The predicted molar refractivity (Wildman–Crippen MR) is 80.6 cm³/mol. The molecule has 0 atom stereocenters. The van der Waals surface area contributed by atoms with E-state index in [1.807, 2.05) is 35.2 Å². The summed E-state index contributed by atoms with van der Waals surface area (Å²) in [6, 6.07) is 13.7. The summed E-state index contributed by atoms with van der Waals surface area (Å²) in [6.07, 6.45) is 2.10. The number of rotatable bonds is 4. The molecule has 0 saturated heterocycles. The molecule has 2 aromatic rings. The Kier molecular flexibility index (Phi) is 4.78. The van der Waals surface area contributed by atoms with Gasteiger partial charge < -0.3 is 4.90 Å². The Balaban J connectivity index is 2.40. The predicted octanol–water partition coefficient (Wildman–Crippen LogP) is 4.55. The first-order valence-electron chi connectivity index (χ1n) is 5.73. The molecule has 5 heteroatoms. The average molecular weight is 337 g/mol. The zero-order valence-corrected chi connectivity index (χ0v) is 12.4. The summed E-state index contributed by atoms with van der Waals surface area (Å²) in [5, 5.41) is 9.34. The van der Waals surface area contributed by atoms with Crippen LogP contribution in [0.15, 0.2) is 47.1 Å². The third kappa shape index (κ3) is 3.46. The van der Waals surface area contributed by atoms with E-state index in [9.17, 15) is 0 Å². The topological polar surface area (TPSA) is 39.9 Å². The minimum Gasteiger partial charge on any atom is -0.324 e. The third-order valence-corrected chi connectivity index (χ3v) is 3.27. The summed E-state index contributed by atoms with van der Waals surface area (Å²) in [5.41, 5.74) is 0.967. The lowest BCUT2D eigenvalue weighted by Crippen LogP contribution is -2.19. The van der Waals surface area contributed by atoms with Gasteiger partial charge in [0.2, 0.25) is 0 Å². The van der Waals surface area contributed by atoms with Gasteiger partial charge in [-0.15, -0.1) is 0 Å². The highest BCUT2D eigenvalue weighted by atomic mass is 79.9. The van der Waals surface area contributed by atoms with Crippen LogP contribution in [0.2, 0.25) is 5.02 Å². The number of anilines is 2. The van der Waals surface area contributed by atoms with Crippen molar-refractivity contribution in [1.29, 1.82) is 5.26 Å². The minimum atomic E-state index is 0.406. The van der Waals surface area contributed by atoms with Gasteiger partial charge in [-0.2, -0.15) is 5.26 Å². The summed E-state index contributed by atoms with van der Waals surface area (Å²) in [5.74, 6) is 0.659. The molecule has 96 valence electrons. The van der Waals surface area contributed by atoms with E-state index in [2.05, 4.69) is 27.0 Å². The first kappa shape index (κ1) is 13.9. The van der Waals surface area contributed by atoms with Crippen molar-refractivity contribution in [1.82, 2.24) is 4.98 Å². The van der Waals surface area contributed by atoms with Gasteiger partial charge in [0.1, 0.15) is 0 Å². The van der Waals surface area contributed by atoms with Crippen molar-refractivity contribution in [3.63, 3.8) is 0 Å². The second-order valence-electron chi connectivity index (χ2n) is 3.85. The molecule has 3 nitrogen and oxygen atoms in total. The average Bonchev–Trinajstić information content (AvgIpc) is 2.42. The van der Waals surface area contributed by atoms with Crippen LogP contribution in [0.25, 0.3) is 0 Å². The van der Waals surface area contributed by atoms with Crippen LogP contribution >= 0.6 is 27.5 Å². The fourth-order valence-electron chi connectivity index (χ4n) is 1.73. The van der Waals surface area contributed by atoms with Gasteiger partial charge in [-0.1, -0.05) is 29.8 Å². The molecule has 0 amide bonds. The quantitative estimate of drug-likeness (QED) is 0.822. The number of benzene rings is 1. The largest absolute Gasteiger partial charge is 0.324 e. The summed E-state index contributed by atoms with van der Waals surface area (Å²) in [4.78, 5) is 6.29. The molecule has 1 aromatic heterocycles. The molecule has 0 aliphatic rings. The Morgan fingerprint density at radius 1 is 1.32 bits per heavy atom. The minimum absolute atomic E-state index is 0.406. The first-order chi connectivity index (χ1) is 9.22. The van der Waals surface area contributed by atoms with Gasteiger partial charge in [-0.25, -0.2) is 4.98 Å². The second-order valence-corrected chi connectivity index (χ2v) is 5.18. The van der Waals surface area contributed by atoms with Crippen LogP contribution in [-0.2, 0) is 0 Å². The fraction of sp³-hybridized carbons (Fsp3) is 0.143. The Morgan fingerprint density at radius 2 is 2.05 bits per heavy atom. The molecule has 0 aliphatic carbocycles. The third-order valence-electron chi connectivity index (χ3n) is 2.56. The summed E-state index contributed by atoms with van der Waals surface area (Å²) >= 11 is 9.57. The fourth-order valence-corrected chi connectivity index (χ4v) is 2.46. The van der Waals surface area contributed by atoms with E-state index in [0.29, 0.717) is 23.8 Å². The number of hydrogen-bond donors (Lipinski definition) is 0. The van der Waals surface area contributed by atoms with Crippen molar-refractivity contribution >= 4 is 39.0 Å². The molecular weight excluding hydrogens is 326 g/mol.